The third-order valence-corrected chi connectivity index (χ3v) is 1.07. The molecule has 12 heavy (non-hydrogen) atoms. The molecule has 0 bridgehead atoms. The van der Waals surface area contributed by atoms with E-state index in [1.807, 2.05) is 6.07 Å². The van der Waals surface area contributed by atoms with Gasteiger partial charge in [0, 0.05) is 12.3 Å². The van der Waals surface area contributed by atoms with E-state index < -0.39 is 6.09 Å². The van der Waals surface area contributed by atoms with E-state index in [-0.39, 0.29) is 5.88 Å². The molecule has 0 spiro atoms. The summed E-state index contributed by atoms with van der Waals surface area (Å²) >= 11 is 0. The van der Waals surface area contributed by atoms with Crippen LogP contribution in [0.4, 0.5) is 4.79 Å². The third kappa shape index (κ3) is 1.95. The van der Waals surface area contributed by atoms with E-state index in [4.69, 9.17) is 11.0 Å². The van der Waals surface area contributed by atoms with Crippen LogP contribution in [0.5, 0.6) is 5.88 Å². The zero-order valence-electron chi connectivity index (χ0n) is 6.02. The van der Waals surface area contributed by atoms with Gasteiger partial charge in [0.25, 0.3) is 0 Å². The number of nitrogens with two attached hydrogens (primary N) is 1. The second kappa shape index (κ2) is 3.34. The first-order chi connectivity index (χ1) is 5.72. The molecule has 0 aliphatic rings. The molecule has 60 valence electrons. The highest BCUT2D eigenvalue weighted by Crippen LogP contribution is 2.05. The predicted octanol–water partition coefficient (Wildman–Crippen LogP) is 0.411. The minimum Gasteiger partial charge on any atom is -0.391 e. The van der Waals surface area contributed by atoms with Crippen LogP contribution in [0.2, 0.25) is 0 Å². The van der Waals surface area contributed by atoms with E-state index in [2.05, 4.69) is 9.72 Å². The number of aromatic nitrogens is 1. The summed E-state index contributed by atoms with van der Waals surface area (Å²) in [5.74, 6) is 0.0847. The Kier molecular flexibility index (Phi) is 2.23. The highest BCUT2D eigenvalue weighted by Gasteiger charge is 1.98. The Morgan fingerprint density at radius 2 is 2.42 bits per heavy atom. The van der Waals surface area contributed by atoms with Crippen molar-refractivity contribution in [3.05, 3.63) is 23.9 Å². The number of carbonyl (C=O) groups excluding carboxylic acids is 1. The third-order valence-electron chi connectivity index (χ3n) is 1.07. The van der Waals surface area contributed by atoms with Crippen molar-refractivity contribution in [3.8, 4) is 11.9 Å². The minimum absolute atomic E-state index is 0.0847. The maximum Gasteiger partial charge on any atom is 0.411 e. The van der Waals surface area contributed by atoms with Crippen LogP contribution in [0.15, 0.2) is 18.3 Å². The first-order valence-corrected chi connectivity index (χ1v) is 3.06. The summed E-state index contributed by atoms with van der Waals surface area (Å²) in [6, 6.07) is 4.74. The molecule has 0 unspecified atom stereocenters. The monoisotopic (exact) mass is 163 g/mol. The second-order valence-electron chi connectivity index (χ2n) is 1.92. The number of primary amides is 1. The Labute approximate surface area is 68.4 Å². The molecular weight excluding hydrogens is 158 g/mol. The van der Waals surface area contributed by atoms with Gasteiger partial charge in [-0.25, -0.2) is 9.78 Å². The minimum atomic E-state index is -0.924. The molecule has 1 aromatic heterocycles. The zero-order chi connectivity index (χ0) is 8.97. The lowest BCUT2D eigenvalue weighted by Gasteiger charge is -1.97. The van der Waals surface area contributed by atoms with Gasteiger partial charge in [0.05, 0.1) is 5.56 Å². The average molecular weight is 163 g/mol. The predicted molar refractivity (Wildman–Crippen MR) is 39.2 cm³/mol. The van der Waals surface area contributed by atoms with Gasteiger partial charge in [-0.3, -0.25) is 0 Å². The lowest BCUT2D eigenvalue weighted by molar-refractivity contribution is 0.209. The standard InChI is InChI=1S/C7H5N3O2/c8-3-5-1-2-6(10-4-5)12-7(9)11/h1-2,4H,(H2,9,11). The van der Waals surface area contributed by atoms with Crippen LogP contribution in [0.25, 0.3) is 0 Å². The second-order valence-corrected chi connectivity index (χ2v) is 1.92. The van der Waals surface area contributed by atoms with Gasteiger partial charge in [-0.15, -0.1) is 0 Å². The Hall–Kier alpha value is -2.09. The Bertz CT molecular complexity index is 325. The number of ether oxygens (including phenoxy) is 1. The molecule has 0 radical (unpaired) electrons. The summed E-state index contributed by atoms with van der Waals surface area (Å²) in [6.45, 7) is 0. The van der Waals surface area contributed by atoms with E-state index in [0.717, 1.165) is 0 Å². The molecule has 0 aliphatic carbocycles. The summed E-state index contributed by atoms with van der Waals surface area (Å²) in [5.41, 5.74) is 5.12. The van der Waals surface area contributed by atoms with Crippen molar-refractivity contribution in [1.82, 2.24) is 4.98 Å². The molecule has 5 heteroatoms. The van der Waals surface area contributed by atoms with Crippen molar-refractivity contribution in [2.24, 2.45) is 5.73 Å². The normalized spacial score (nSPS) is 8.58. The number of hydrogen-bond donors (Lipinski definition) is 1. The van der Waals surface area contributed by atoms with Crippen LogP contribution in [0, 0.1) is 11.3 Å². The number of rotatable bonds is 1. The first-order valence-electron chi connectivity index (χ1n) is 3.06. The lowest BCUT2D eigenvalue weighted by Crippen LogP contribution is -2.16. The van der Waals surface area contributed by atoms with Crippen LogP contribution >= 0.6 is 0 Å². The van der Waals surface area contributed by atoms with E-state index in [0.29, 0.717) is 5.56 Å². The van der Waals surface area contributed by atoms with Gasteiger partial charge >= 0.3 is 6.09 Å². The van der Waals surface area contributed by atoms with Crippen LogP contribution in [0.1, 0.15) is 5.56 Å². The molecule has 1 amide bonds. The SMILES string of the molecule is N#Cc1ccc(OC(N)=O)nc1. The molecule has 0 fully saturated rings. The number of amides is 1. The molecule has 1 aromatic rings. The van der Waals surface area contributed by atoms with Crippen LogP contribution < -0.4 is 10.5 Å². The number of carbonyl (C=O) groups is 1. The molecular formula is C7H5N3O2. The molecule has 0 aliphatic heterocycles. The van der Waals surface area contributed by atoms with Crippen LogP contribution in [-0.4, -0.2) is 11.1 Å². The van der Waals surface area contributed by atoms with E-state index in [1.165, 1.54) is 18.3 Å². The molecule has 0 aromatic carbocycles. The average Bonchev–Trinajstić information content (AvgIpc) is 2.05. The highest BCUT2D eigenvalue weighted by atomic mass is 16.6. The van der Waals surface area contributed by atoms with Crippen LogP contribution in [0.3, 0.4) is 0 Å². The van der Waals surface area contributed by atoms with Gasteiger partial charge in [-0.1, -0.05) is 0 Å². The lowest BCUT2D eigenvalue weighted by atomic mass is 10.3. The number of hydrogen-bond acceptors (Lipinski definition) is 4. The molecule has 0 atom stereocenters. The van der Waals surface area contributed by atoms with Crippen molar-refractivity contribution >= 4 is 6.09 Å². The summed E-state index contributed by atoms with van der Waals surface area (Å²) in [5, 5.41) is 8.39. The fourth-order valence-corrected chi connectivity index (χ4v) is 0.610. The fraction of sp³-hybridized carbons (Fsp3) is 0. The van der Waals surface area contributed by atoms with Gasteiger partial charge in [0.15, 0.2) is 0 Å². The summed E-state index contributed by atoms with van der Waals surface area (Å²) in [6.07, 6.45) is 0.366. The van der Waals surface area contributed by atoms with Crippen molar-refractivity contribution in [2.75, 3.05) is 0 Å². The van der Waals surface area contributed by atoms with Gasteiger partial charge in [0.1, 0.15) is 6.07 Å². The van der Waals surface area contributed by atoms with Gasteiger partial charge in [0.2, 0.25) is 5.88 Å². The van der Waals surface area contributed by atoms with Gasteiger partial charge in [-0.05, 0) is 6.07 Å². The van der Waals surface area contributed by atoms with Gasteiger partial charge < -0.3 is 10.5 Å². The first kappa shape index (κ1) is 8.01. The van der Waals surface area contributed by atoms with E-state index >= 15 is 0 Å². The fourth-order valence-electron chi connectivity index (χ4n) is 0.610. The van der Waals surface area contributed by atoms with Crippen molar-refractivity contribution in [1.29, 1.82) is 5.26 Å². The van der Waals surface area contributed by atoms with Gasteiger partial charge in [-0.2, -0.15) is 5.26 Å². The summed E-state index contributed by atoms with van der Waals surface area (Å²) in [7, 11) is 0. The summed E-state index contributed by atoms with van der Waals surface area (Å²) in [4.78, 5) is 13.9. The number of nitriles is 1. The molecule has 0 saturated heterocycles. The van der Waals surface area contributed by atoms with Crippen LogP contribution in [-0.2, 0) is 0 Å². The number of nitrogens with zero attached hydrogens (tertiary/aromatic N) is 2. The van der Waals surface area contributed by atoms with Crippen molar-refractivity contribution < 1.29 is 9.53 Å². The molecule has 0 saturated carbocycles. The Balaban J connectivity index is 2.80. The van der Waals surface area contributed by atoms with Crippen molar-refractivity contribution in [3.63, 3.8) is 0 Å². The van der Waals surface area contributed by atoms with E-state index in [1.54, 1.807) is 0 Å². The highest BCUT2D eigenvalue weighted by molar-refractivity contribution is 5.67. The Morgan fingerprint density at radius 3 is 2.83 bits per heavy atom. The largest absolute Gasteiger partial charge is 0.411 e. The maximum absolute atomic E-state index is 10.2. The molecule has 1 rings (SSSR count). The Morgan fingerprint density at radius 1 is 1.67 bits per heavy atom. The maximum atomic E-state index is 10.2. The zero-order valence-corrected chi connectivity index (χ0v) is 6.02. The summed E-state index contributed by atoms with van der Waals surface area (Å²) < 4.78 is 4.43. The van der Waals surface area contributed by atoms with Crippen molar-refractivity contribution in [2.45, 2.75) is 0 Å². The number of pyridine rings is 1. The van der Waals surface area contributed by atoms with E-state index in [9.17, 15) is 4.79 Å². The molecule has 2 N–H and O–H groups in total. The quantitative estimate of drug-likeness (QED) is 0.649. The molecule has 5 nitrogen and oxygen atoms in total. The topological polar surface area (TPSA) is 89.0 Å². The smallest absolute Gasteiger partial charge is 0.391 e. The molecule has 1 heterocycles.